The van der Waals surface area contributed by atoms with Crippen LogP contribution in [-0.4, -0.2) is 24.4 Å². The highest BCUT2D eigenvalue weighted by molar-refractivity contribution is 7.99. The zero-order valence-corrected chi connectivity index (χ0v) is 10.4. The maximum Gasteiger partial charge on any atom is 0.163 e. The van der Waals surface area contributed by atoms with Gasteiger partial charge < -0.3 is 20.0 Å². The van der Waals surface area contributed by atoms with Gasteiger partial charge in [-0.2, -0.15) is 0 Å². The topological polar surface area (TPSA) is 66.0 Å². The number of quaternary nitrogens is 1. The summed E-state index contributed by atoms with van der Waals surface area (Å²) in [5.41, 5.74) is 1.04. The molecule has 1 aliphatic rings. The minimum atomic E-state index is -0.992. The number of hydrogen-bond acceptors (Lipinski definition) is 4. The summed E-state index contributed by atoms with van der Waals surface area (Å²) >= 11 is 1.62. The summed E-state index contributed by atoms with van der Waals surface area (Å²) in [4.78, 5) is 10.8. The van der Waals surface area contributed by atoms with Gasteiger partial charge in [0, 0.05) is 0 Å². The van der Waals surface area contributed by atoms with Crippen LogP contribution in [0.5, 0.6) is 5.75 Å². The predicted octanol–water partition coefficient (Wildman–Crippen LogP) is -0.487. The highest BCUT2D eigenvalue weighted by atomic mass is 32.2. The summed E-state index contributed by atoms with van der Waals surface area (Å²) < 4.78 is 5.55. The number of thioether (sulfide) groups is 1. The average Bonchev–Trinajstić information content (AvgIpc) is 2.79. The van der Waals surface area contributed by atoms with Crippen LogP contribution in [0.4, 0.5) is 0 Å². The predicted molar refractivity (Wildman–Crippen MR) is 63.5 cm³/mol. The summed E-state index contributed by atoms with van der Waals surface area (Å²) in [6.07, 6.45) is 0. The maximum absolute atomic E-state index is 10.8. The lowest BCUT2D eigenvalue weighted by Gasteiger charge is -2.14. The van der Waals surface area contributed by atoms with Gasteiger partial charge in [0.25, 0.3) is 0 Å². The highest BCUT2D eigenvalue weighted by Crippen LogP contribution is 2.32. The molecule has 0 amide bonds. The first-order chi connectivity index (χ1) is 8.22. The van der Waals surface area contributed by atoms with Gasteiger partial charge in [0.2, 0.25) is 0 Å². The number of carboxylic acids is 1. The highest BCUT2D eigenvalue weighted by Gasteiger charge is 2.32. The molecule has 1 fully saturated rings. The van der Waals surface area contributed by atoms with Crippen molar-refractivity contribution >= 4 is 17.7 Å². The van der Waals surface area contributed by atoms with E-state index in [-0.39, 0.29) is 5.37 Å². The van der Waals surface area contributed by atoms with Crippen LogP contribution in [0.25, 0.3) is 0 Å². The molecule has 17 heavy (non-hydrogen) atoms. The van der Waals surface area contributed by atoms with Gasteiger partial charge in [-0.3, -0.25) is 0 Å². The second-order valence-corrected chi connectivity index (χ2v) is 5.02. The quantitative estimate of drug-likeness (QED) is 0.786. The van der Waals surface area contributed by atoms with E-state index in [0.717, 1.165) is 11.3 Å². The number of carbonyl (C=O) groups is 1. The van der Waals surface area contributed by atoms with Gasteiger partial charge in [-0.1, -0.05) is 23.9 Å². The van der Waals surface area contributed by atoms with E-state index in [4.69, 9.17) is 4.74 Å². The van der Waals surface area contributed by atoms with Gasteiger partial charge in [-0.15, -0.1) is 0 Å². The molecule has 0 aliphatic carbocycles. The minimum absolute atomic E-state index is 0.0839. The van der Waals surface area contributed by atoms with Crippen molar-refractivity contribution in [1.82, 2.24) is 0 Å². The first kappa shape index (κ1) is 12.3. The van der Waals surface area contributed by atoms with Crippen LogP contribution in [0.15, 0.2) is 24.3 Å². The SMILES string of the molecule is CCOc1ccccc1[C@@H]1[NH2+][C@@H](C(=O)[O-])CS1. The lowest BCUT2D eigenvalue weighted by molar-refractivity contribution is -0.690. The molecule has 1 heterocycles. The van der Waals surface area contributed by atoms with Crippen LogP contribution in [0.2, 0.25) is 0 Å². The van der Waals surface area contributed by atoms with E-state index in [9.17, 15) is 9.90 Å². The number of benzene rings is 1. The van der Waals surface area contributed by atoms with E-state index < -0.39 is 12.0 Å². The number of carbonyl (C=O) groups excluding carboxylic acids is 1. The van der Waals surface area contributed by atoms with Crippen molar-refractivity contribution in [2.24, 2.45) is 0 Å². The van der Waals surface area contributed by atoms with E-state index in [1.54, 1.807) is 11.8 Å². The van der Waals surface area contributed by atoms with Crippen molar-refractivity contribution in [1.29, 1.82) is 0 Å². The third-order valence-electron chi connectivity index (χ3n) is 2.69. The molecule has 1 aromatic carbocycles. The molecular formula is C12H15NO3S. The van der Waals surface area contributed by atoms with Gasteiger partial charge in [0.1, 0.15) is 17.8 Å². The van der Waals surface area contributed by atoms with Gasteiger partial charge in [-0.05, 0) is 19.1 Å². The number of ether oxygens (including phenoxy) is 1. The Morgan fingerprint density at radius 1 is 1.59 bits per heavy atom. The van der Waals surface area contributed by atoms with Crippen LogP contribution < -0.4 is 15.2 Å². The molecule has 0 saturated carbocycles. The van der Waals surface area contributed by atoms with Crippen LogP contribution in [0.1, 0.15) is 17.9 Å². The second-order valence-electron chi connectivity index (χ2n) is 3.84. The minimum Gasteiger partial charge on any atom is -0.544 e. The zero-order valence-electron chi connectivity index (χ0n) is 9.59. The van der Waals surface area contributed by atoms with Crippen LogP contribution in [0.3, 0.4) is 0 Å². The Balaban J connectivity index is 2.15. The lowest BCUT2D eigenvalue weighted by atomic mass is 10.2. The van der Waals surface area contributed by atoms with Crippen molar-refractivity contribution in [3.63, 3.8) is 0 Å². The molecule has 2 N–H and O–H groups in total. The Bertz CT molecular complexity index is 410. The fourth-order valence-corrected chi connectivity index (χ4v) is 3.21. The van der Waals surface area contributed by atoms with Crippen molar-refractivity contribution in [3.05, 3.63) is 29.8 Å². The average molecular weight is 253 g/mol. The molecule has 4 nitrogen and oxygen atoms in total. The summed E-state index contributed by atoms with van der Waals surface area (Å²) in [5, 5.41) is 12.7. The number of para-hydroxylation sites is 1. The van der Waals surface area contributed by atoms with Gasteiger partial charge in [-0.25, -0.2) is 0 Å². The Kier molecular flexibility index (Phi) is 3.91. The second kappa shape index (κ2) is 5.42. The molecule has 2 rings (SSSR count). The van der Waals surface area contributed by atoms with Gasteiger partial charge in [0.15, 0.2) is 5.37 Å². The fourth-order valence-electron chi connectivity index (χ4n) is 1.87. The molecule has 0 unspecified atom stereocenters. The van der Waals surface area contributed by atoms with Crippen molar-refractivity contribution in [3.8, 4) is 5.75 Å². The molecule has 92 valence electrons. The van der Waals surface area contributed by atoms with E-state index in [0.29, 0.717) is 12.4 Å². The van der Waals surface area contributed by atoms with Crippen molar-refractivity contribution < 1.29 is 20.0 Å². The Hall–Kier alpha value is -1.20. The maximum atomic E-state index is 10.8. The molecule has 0 spiro atoms. The summed E-state index contributed by atoms with van der Waals surface area (Å²) in [6.45, 7) is 2.55. The summed E-state index contributed by atoms with van der Waals surface area (Å²) in [6, 6.07) is 7.30. The molecule has 1 aromatic rings. The first-order valence-corrected chi connectivity index (χ1v) is 6.66. The molecular weight excluding hydrogens is 238 g/mol. The molecule has 1 saturated heterocycles. The van der Waals surface area contributed by atoms with Crippen LogP contribution in [-0.2, 0) is 4.79 Å². The van der Waals surface area contributed by atoms with Crippen molar-refractivity contribution in [2.75, 3.05) is 12.4 Å². The molecule has 0 bridgehead atoms. The smallest absolute Gasteiger partial charge is 0.163 e. The summed E-state index contributed by atoms with van der Waals surface area (Å²) in [7, 11) is 0. The Morgan fingerprint density at radius 3 is 3.00 bits per heavy atom. The van der Waals surface area contributed by atoms with Gasteiger partial charge in [0.05, 0.1) is 17.9 Å². The molecule has 0 aromatic heterocycles. The number of rotatable bonds is 4. The standard InChI is InChI=1S/C12H15NO3S/c1-2-16-10-6-4-3-5-8(10)11-13-9(7-17-11)12(14)15/h3-6,9,11,13H,2,7H2,1H3,(H,14,15)/t9-,11-/m1/s1. The third-order valence-corrected chi connectivity index (χ3v) is 4.01. The summed E-state index contributed by atoms with van der Waals surface area (Å²) in [5.74, 6) is 0.421. The number of nitrogens with two attached hydrogens (primary N) is 1. The largest absolute Gasteiger partial charge is 0.544 e. The van der Waals surface area contributed by atoms with Gasteiger partial charge >= 0.3 is 0 Å². The molecule has 2 atom stereocenters. The fraction of sp³-hybridized carbons (Fsp3) is 0.417. The molecule has 1 aliphatic heterocycles. The van der Waals surface area contributed by atoms with E-state index >= 15 is 0 Å². The Labute approximate surface area is 104 Å². The zero-order chi connectivity index (χ0) is 12.3. The van der Waals surface area contributed by atoms with E-state index in [1.165, 1.54) is 0 Å². The number of hydrogen-bond donors (Lipinski definition) is 1. The van der Waals surface area contributed by atoms with Crippen molar-refractivity contribution in [2.45, 2.75) is 18.3 Å². The van der Waals surface area contributed by atoms with E-state index in [1.807, 2.05) is 36.5 Å². The lowest BCUT2D eigenvalue weighted by Crippen LogP contribution is -2.90. The first-order valence-electron chi connectivity index (χ1n) is 5.61. The number of carboxylic acid groups (broad SMARTS) is 1. The van der Waals surface area contributed by atoms with Crippen LogP contribution >= 0.6 is 11.8 Å². The number of aliphatic carboxylic acids is 1. The normalized spacial score (nSPS) is 23.6. The Morgan fingerprint density at radius 2 is 2.35 bits per heavy atom. The monoisotopic (exact) mass is 253 g/mol. The third kappa shape index (κ3) is 2.73. The van der Waals surface area contributed by atoms with E-state index in [2.05, 4.69) is 0 Å². The molecule has 5 heteroatoms. The molecule has 0 radical (unpaired) electrons. The van der Waals surface area contributed by atoms with Crippen LogP contribution in [0, 0.1) is 0 Å².